The van der Waals surface area contributed by atoms with Gasteiger partial charge in [-0.2, -0.15) is 0 Å². The Hall–Kier alpha value is -2.75. The van der Waals surface area contributed by atoms with Crippen LogP contribution in [-0.4, -0.2) is 16.5 Å². The minimum absolute atomic E-state index is 0.234. The van der Waals surface area contributed by atoms with Gasteiger partial charge < -0.3 is 5.32 Å². The molecule has 0 aliphatic rings. The molecule has 2 heterocycles. The molecule has 0 spiro atoms. The lowest BCUT2D eigenvalue weighted by atomic mass is 10.1. The average Bonchev–Trinajstić information content (AvgIpc) is 2.57. The Bertz CT molecular complexity index is 727. The summed E-state index contributed by atoms with van der Waals surface area (Å²) in [7, 11) is 0. The number of halogens is 1. The number of rotatable bonds is 5. The predicted octanol–water partition coefficient (Wildman–Crippen LogP) is 3.94. The number of hydrogen-bond acceptors (Lipinski definition) is 3. The molecule has 1 N–H and O–H groups in total. The van der Waals surface area contributed by atoms with Crippen LogP contribution in [0.15, 0.2) is 67.1 Å². The van der Waals surface area contributed by atoms with Gasteiger partial charge in [0.2, 0.25) is 0 Å². The maximum atomic E-state index is 13.7. The first-order chi connectivity index (χ1) is 10.8. The van der Waals surface area contributed by atoms with Crippen LogP contribution in [0.3, 0.4) is 0 Å². The van der Waals surface area contributed by atoms with E-state index in [2.05, 4.69) is 15.3 Å². The highest BCUT2D eigenvalue weighted by Gasteiger charge is 2.04. The van der Waals surface area contributed by atoms with E-state index in [4.69, 9.17) is 0 Å². The highest BCUT2D eigenvalue weighted by molar-refractivity contribution is 5.64. The molecule has 0 saturated carbocycles. The Morgan fingerprint density at radius 3 is 2.50 bits per heavy atom. The van der Waals surface area contributed by atoms with E-state index < -0.39 is 0 Å². The van der Waals surface area contributed by atoms with Gasteiger partial charge in [-0.1, -0.05) is 18.2 Å². The second-order valence-electron chi connectivity index (χ2n) is 4.94. The van der Waals surface area contributed by atoms with E-state index in [1.165, 1.54) is 11.6 Å². The van der Waals surface area contributed by atoms with Gasteiger partial charge in [-0.25, -0.2) is 9.37 Å². The van der Waals surface area contributed by atoms with E-state index in [1.54, 1.807) is 30.7 Å². The molecule has 0 bridgehead atoms. The van der Waals surface area contributed by atoms with Crippen LogP contribution in [0.1, 0.15) is 5.56 Å². The lowest BCUT2D eigenvalue weighted by Crippen LogP contribution is -2.06. The molecule has 0 radical (unpaired) electrons. The Balaban J connectivity index is 1.61. The van der Waals surface area contributed by atoms with E-state index in [0.717, 1.165) is 24.3 Å². The quantitative estimate of drug-likeness (QED) is 0.774. The Morgan fingerprint density at radius 2 is 1.77 bits per heavy atom. The molecule has 3 nitrogen and oxygen atoms in total. The van der Waals surface area contributed by atoms with Crippen molar-refractivity contribution in [3.05, 3.63) is 78.5 Å². The average molecular weight is 293 g/mol. The third-order valence-corrected chi connectivity index (χ3v) is 3.42. The van der Waals surface area contributed by atoms with E-state index in [9.17, 15) is 4.39 Å². The van der Waals surface area contributed by atoms with Crippen LogP contribution in [-0.2, 0) is 6.42 Å². The molecular formula is C18H16FN3. The third kappa shape index (κ3) is 3.47. The molecule has 0 saturated heterocycles. The molecule has 3 aromatic rings. The topological polar surface area (TPSA) is 37.8 Å². The van der Waals surface area contributed by atoms with Crippen LogP contribution < -0.4 is 5.32 Å². The van der Waals surface area contributed by atoms with Crippen molar-refractivity contribution in [2.45, 2.75) is 6.42 Å². The van der Waals surface area contributed by atoms with Crippen molar-refractivity contribution in [2.75, 3.05) is 11.9 Å². The SMILES string of the molecule is Fc1ccccc1-c1ccc(NCCc2ccncc2)nc1. The monoisotopic (exact) mass is 293 g/mol. The summed E-state index contributed by atoms with van der Waals surface area (Å²) in [5.74, 6) is 0.553. The van der Waals surface area contributed by atoms with Gasteiger partial charge in [0.15, 0.2) is 0 Å². The number of pyridine rings is 2. The molecule has 1 aromatic carbocycles. The smallest absolute Gasteiger partial charge is 0.131 e. The van der Waals surface area contributed by atoms with Crippen molar-refractivity contribution in [1.82, 2.24) is 9.97 Å². The largest absolute Gasteiger partial charge is 0.370 e. The summed E-state index contributed by atoms with van der Waals surface area (Å²) in [6.45, 7) is 0.788. The minimum atomic E-state index is -0.234. The fourth-order valence-electron chi connectivity index (χ4n) is 2.24. The summed E-state index contributed by atoms with van der Waals surface area (Å²) in [6, 6.07) is 14.4. The van der Waals surface area contributed by atoms with Crippen molar-refractivity contribution in [2.24, 2.45) is 0 Å². The van der Waals surface area contributed by atoms with Gasteiger partial charge in [-0.15, -0.1) is 0 Å². The first-order valence-corrected chi connectivity index (χ1v) is 7.17. The lowest BCUT2D eigenvalue weighted by Gasteiger charge is -2.07. The van der Waals surface area contributed by atoms with Gasteiger partial charge in [-0.05, 0) is 42.3 Å². The molecule has 0 aliphatic heterocycles. The number of aromatic nitrogens is 2. The van der Waals surface area contributed by atoms with E-state index in [-0.39, 0.29) is 5.82 Å². The second-order valence-corrected chi connectivity index (χ2v) is 4.94. The molecule has 0 aliphatic carbocycles. The van der Waals surface area contributed by atoms with E-state index in [0.29, 0.717) is 5.56 Å². The number of nitrogens with one attached hydrogen (secondary N) is 1. The number of nitrogens with zero attached hydrogens (tertiary/aromatic N) is 2. The zero-order valence-corrected chi connectivity index (χ0v) is 12.0. The van der Waals surface area contributed by atoms with Crippen LogP contribution in [0.4, 0.5) is 10.2 Å². The van der Waals surface area contributed by atoms with Crippen LogP contribution in [0.5, 0.6) is 0 Å². The standard InChI is InChI=1S/C18H16FN3/c19-17-4-2-1-3-16(17)15-5-6-18(22-13-15)21-12-9-14-7-10-20-11-8-14/h1-8,10-11,13H,9,12H2,(H,21,22). The molecule has 0 atom stereocenters. The van der Waals surface area contributed by atoms with Crippen molar-refractivity contribution >= 4 is 5.82 Å². The van der Waals surface area contributed by atoms with Crippen LogP contribution in [0.2, 0.25) is 0 Å². The molecule has 110 valence electrons. The summed E-state index contributed by atoms with van der Waals surface area (Å²) in [5, 5.41) is 3.26. The van der Waals surface area contributed by atoms with Gasteiger partial charge in [-0.3, -0.25) is 4.98 Å². The fraction of sp³-hybridized carbons (Fsp3) is 0.111. The van der Waals surface area contributed by atoms with Crippen LogP contribution in [0.25, 0.3) is 11.1 Å². The summed E-state index contributed by atoms with van der Waals surface area (Å²) >= 11 is 0. The lowest BCUT2D eigenvalue weighted by molar-refractivity contribution is 0.631. The third-order valence-electron chi connectivity index (χ3n) is 3.42. The van der Waals surface area contributed by atoms with Crippen LogP contribution in [0, 0.1) is 5.82 Å². The number of hydrogen-bond donors (Lipinski definition) is 1. The Morgan fingerprint density at radius 1 is 0.955 bits per heavy atom. The van der Waals surface area contributed by atoms with Gasteiger partial charge in [0, 0.05) is 36.3 Å². The highest BCUT2D eigenvalue weighted by Crippen LogP contribution is 2.22. The molecule has 2 aromatic heterocycles. The maximum absolute atomic E-state index is 13.7. The van der Waals surface area contributed by atoms with Gasteiger partial charge in [0.1, 0.15) is 11.6 Å². The molecule has 4 heteroatoms. The Labute approximate surface area is 128 Å². The molecular weight excluding hydrogens is 277 g/mol. The van der Waals surface area contributed by atoms with Gasteiger partial charge in [0.25, 0.3) is 0 Å². The molecule has 0 unspecified atom stereocenters. The molecule has 0 fully saturated rings. The van der Waals surface area contributed by atoms with Gasteiger partial charge >= 0.3 is 0 Å². The summed E-state index contributed by atoms with van der Waals surface area (Å²) in [6.07, 6.45) is 6.17. The van der Waals surface area contributed by atoms with Crippen molar-refractivity contribution in [3.63, 3.8) is 0 Å². The summed E-state index contributed by atoms with van der Waals surface area (Å²) < 4.78 is 13.7. The predicted molar refractivity (Wildman–Crippen MR) is 86.1 cm³/mol. The van der Waals surface area contributed by atoms with Gasteiger partial charge in [0.05, 0.1) is 0 Å². The zero-order chi connectivity index (χ0) is 15.2. The first kappa shape index (κ1) is 14.2. The summed E-state index contributed by atoms with van der Waals surface area (Å²) in [5.41, 5.74) is 2.57. The summed E-state index contributed by atoms with van der Waals surface area (Å²) in [4.78, 5) is 8.33. The molecule has 3 rings (SSSR count). The highest BCUT2D eigenvalue weighted by atomic mass is 19.1. The second kappa shape index (κ2) is 6.80. The van der Waals surface area contributed by atoms with Crippen molar-refractivity contribution < 1.29 is 4.39 Å². The van der Waals surface area contributed by atoms with Crippen molar-refractivity contribution in [1.29, 1.82) is 0 Å². The number of benzene rings is 1. The maximum Gasteiger partial charge on any atom is 0.131 e. The van der Waals surface area contributed by atoms with E-state index >= 15 is 0 Å². The normalized spacial score (nSPS) is 10.4. The van der Waals surface area contributed by atoms with Crippen LogP contribution >= 0.6 is 0 Å². The zero-order valence-electron chi connectivity index (χ0n) is 12.0. The minimum Gasteiger partial charge on any atom is -0.370 e. The fourth-order valence-corrected chi connectivity index (χ4v) is 2.24. The molecule has 22 heavy (non-hydrogen) atoms. The van der Waals surface area contributed by atoms with Crippen molar-refractivity contribution in [3.8, 4) is 11.1 Å². The Kier molecular flexibility index (Phi) is 4.39. The van der Waals surface area contributed by atoms with E-state index in [1.807, 2.05) is 30.3 Å². The number of anilines is 1. The first-order valence-electron chi connectivity index (χ1n) is 7.17. The molecule has 0 amide bonds.